The summed E-state index contributed by atoms with van der Waals surface area (Å²) in [5.41, 5.74) is 0. The smallest absolute Gasteiger partial charge is 0.0901 e. The second-order valence-electron chi connectivity index (χ2n) is 1.86. The van der Waals surface area contributed by atoms with Gasteiger partial charge in [0.25, 0.3) is 0 Å². The molecule has 8 heavy (non-hydrogen) atoms. The maximum atomic E-state index is 4.78. The van der Waals surface area contributed by atoms with E-state index >= 15 is 0 Å². The van der Waals surface area contributed by atoms with Gasteiger partial charge in [-0.1, -0.05) is 13.3 Å². The van der Waals surface area contributed by atoms with Gasteiger partial charge in [-0.05, 0) is 13.3 Å². The number of hydrogen-bond donors (Lipinski definition) is 0. The Balaban J connectivity index is 2.92. The SMILES string of the molecule is CCCC(C)OOC. The highest BCUT2D eigenvalue weighted by atomic mass is 17.2. The van der Waals surface area contributed by atoms with E-state index in [1.165, 1.54) is 7.11 Å². The maximum Gasteiger partial charge on any atom is 0.0901 e. The molecule has 0 fully saturated rings. The minimum absolute atomic E-state index is 0.241. The normalized spacial score (nSPS) is 13.9. The Hall–Kier alpha value is -0.0800. The van der Waals surface area contributed by atoms with E-state index in [4.69, 9.17) is 4.89 Å². The van der Waals surface area contributed by atoms with Crippen molar-refractivity contribution < 1.29 is 9.78 Å². The highest BCUT2D eigenvalue weighted by molar-refractivity contribution is 4.42. The summed E-state index contributed by atoms with van der Waals surface area (Å²) in [6.07, 6.45) is 2.45. The van der Waals surface area contributed by atoms with Gasteiger partial charge in [-0.3, -0.25) is 0 Å². The van der Waals surface area contributed by atoms with Gasteiger partial charge in [0.15, 0.2) is 0 Å². The Bertz CT molecular complexity index is 39.8. The molecule has 0 spiro atoms. The van der Waals surface area contributed by atoms with Crippen LogP contribution in [0.3, 0.4) is 0 Å². The van der Waals surface area contributed by atoms with Gasteiger partial charge in [-0.25, -0.2) is 9.78 Å². The van der Waals surface area contributed by atoms with Crippen molar-refractivity contribution in [3.63, 3.8) is 0 Å². The van der Waals surface area contributed by atoms with E-state index in [9.17, 15) is 0 Å². The van der Waals surface area contributed by atoms with Crippen LogP contribution in [0.15, 0.2) is 0 Å². The number of hydrogen-bond acceptors (Lipinski definition) is 2. The second-order valence-corrected chi connectivity index (χ2v) is 1.86. The fourth-order valence-corrected chi connectivity index (χ4v) is 0.619. The molecule has 0 N–H and O–H groups in total. The molecule has 1 atom stereocenters. The molecule has 0 aliphatic rings. The molecule has 0 aromatic heterocycles. The van der Waals surface area contributed by atoms with Gasteiger partial charge >= 0.3 is 0 Å². The molecule has 0 aliphatic heterocycles. The van der Waals surface area contributed by atoms with Gasteiger partial charge in [0.2, 0.25) is 0 Å². The first-order valence-electron chi connectivity index (χ1n) is 3.00. The van der Waals surface area contributed by atoms with E-state index in [-0.39, 0.29) is 6.10 Å². The highest BCUT2D eigenvalue weighted by Gasteiger charge is 1.97. The van der Waals surface area contributed by atoms with Crippen LogP contribution in [0.25, 0.3) is 0 Å². The summed E-state index contributed by atoms with van der Waals surface area (Å²) in [5, 5.41) is 0. The second kappa shape index (κ2) is 5.06. The molecular weight excluding hydrogens is 104 g/mol. The zero-order chi connectivity index (χ0) is 6.41. The lowest BCUT2D eigenvalue weighted by Gasteiger charge is -2.06. The van der Waals surface area contributed by atoms with Gasteiger partial charge in [0, 0.05) is 0 Å². The van der Waals surface area contributed by atoms with Crippen LogP contribution in [0.5, 0.6) is 0 Å². The molecule has 0 saturated heterocycles. The van der Waals surface area contributed by atoms with Crippen molar-refractivity contribution in [1.82, 2.24) is 0 Å². The van der Waals surface area contributed by atoms with Gasteiger partial charge in [0.1, 0.15) is 0 Å². The van der Waals surface area contributed by atoms with Crippen molar-refractivity contribution in [2.45, 2.75) is 32.8 Å². The lowest BCUT2D eigenvalue weighted by atomic mass is 10.2. The van der Waals surface area contributed by atoms with Crippen LogP contribution in [-0.4, -0.2) is 13.2 Å². The number of rotatable bonds is 4. The minimum atomic E-state index is 0.241. The van der Waals surface area contributed by atoms with Crippen molar-refractivity contribution in [3.05, 3.63) is 0 Å². The first-order chi connectivity index (χ1) is 3.81. The summed E-state index contributed by atoms with van der Waals surface area (Å²) in [6.45, 7) is 4.11. The lowest BCUT2D eigenvalue weighted by molar-refractivity contribution is -0.301. The molecule has 0 aromatic carbocycles. The van der Waals surface area contributed by atoms with Crippen LogP contribution in [0.1, 0.15) is 26.7 Å². The van der Waals surface area contributed by atoms with E-state index < -0.39 is 0 Å². The molecule has 0 aliphatic carbocycles. The van der Waals surface area contributed by atoms with Crippen LogP contribution in [-0.2, 0) is 9.78 Å². The Kier molecular flexibility index (Phi) is 5.01. The van der Waals surface area contributed by atoms with Crippen LogP contribution in [0.4, 0.5) is 0 Å². The largest absolute Gasteiger partial charge is 0.240 e. The summed E-state index contributed by atoms with van der Waals surface area (Å²) in [4.78, 5) is 9.24. The minimum Gasteiger partial charge on any atom is -0.240 e. The summed E-state index contributed by atoms with van der Waals surface area (Å²) in [5.74, 6) is 0. The Morgan fingerprint density at radius 3 is 2.50 bits per heavy atom. The van der Waals surface area contributed by atoms with Crippen LogP contribution in [0, 0.1) is 0 Å². The molecule has 0 rings (SSSR count). The third-order valence-electron chi connectivity index (χ3n) is 0.956. The molecule has 2 heteroatoms. The van der Waals surface area contributed by atoms with E-state index in [0.29, 0.717) is 0 Å². The van der Waals surface area contributed by atoms with Crippen molar-refractivity contribution in [2.75, 3.05) is 7.11 Å². The van der Waals surface area contributed by atoms with E-state index in [1.54, 1.807) is 0 Å². The molecule has 1 unspecified atom stereocenters. The molecule has 50 valence electrons. The van der Waals surface area contributed by atoms with Gasteiger partial charge in [-0.15, -0.1) is 0 Å². The summed E-state index contributed by atoms with van der Waals surface area (Å²) in [6, 6.07) is 0. The van der Waals surface area contributed by atoms with Crippen molar-refractivity contribution >= 4 is 0 Å². The molecule has 0 aromatic rings. The summed E-state index contributed by atoms with van der Waals surface area (Å²) < 4.78 is 0. The third-order valence-corrected chi connectivity index (χ3v) is 0.956. The van der Waals surface area contributed by atoms with Crippen molar-refractivity contribution in [2.24, 2.45) is 0 Å². The Labute approximate surface area is 50.7 Å². The summed E-state index contributed by atoms with van der Waals surface area (Å²) in [7, 11) is 1.53. The predicted octanol–water partition coefficient (Wildman–Crippen LogP) is 1.75. The van der Waals surface area contributed by atoms with Crippen LogP contribution >= 0.6 is 0 Å². The first kappa shape index (κ1) is 7.92. The molecule has 0 bridgehead atoms. The van der Waals surface area contributed by atoms with Gasteiger partial charge in [-0.2, -0.15) is 0 Å². The molecular formula is C6H14O2. The molecule has 0 amide bonds. The summed E-state index contributed by atoms with van der Waals surface area (Å²) >= 11 is 0. The van der Waals surface area contributed by atoms with E-state index in [2.05, 4.69) is 11.8 Å². The van der Waals surface area contributed by atoms with Crippen LogP contribution < -0.4 is 0 Å². The quantitative estimate of drug-likeness (QED) is 0.413. The Morgan fingerprint density at radius 2 is 2.12 bits per heavy atom. The first-order valence-corrected chi connectivity index (χ1v) is 3.00. The standard InChI is InChI=1S/C6H14O2/c1-4-5-6(2)8-7-3/h6H,4-5H2,1-3H3. The molecule has 2 nitrogen and oxygen atoms in total. The van der Waals surface area contributed by atoms with Crippen LogP contribution in [0.2, 0.25) is 0 Å². The monoisotopic (exact) mass is 118 g/mol. The van der Waals surface area contributed by atoms with Gasteiger partial charge in [0.05, 0.1) is 13.2 Å². The average Bonchev–Trinajstić information content (AvgIpc) is 1.68. The fourth-order valence-electron chi connectivity index (χ4n) is 0.619. The van der Waals surface area contributed by atoms with Crippen molar-refractivity contribution in [3.8, 4) is 0 Å². The Morgan fingerprint density at radius 1 is 1.50 bits per heavy atom. The average molecular weight is 118 g/mol. The van der Waals surface area contributed by atoms with E-state index in [1.807, 2.05) is 6.92 Å². The predicted molar refractivity (Wildman–Crippen MR) is 32.5 cm³/mol. The third kappa shape index (κ3) is 4.09. The highest BCUT2D eigenvalue weighted by Crippen LogP contribution is 1.99. The van der Waals surface area contributed by atoms with E-state index in [0.717, 1.165) is 12.8 Å². The molecule has 0 radical (unpaired) electrons. The lowest BCUT2D eigenvalue weighted by Crippen LogP contribution is -2.05. The zero-order valence-corrected chi connectivity index (χ0v) is 5.81. The molecule has 0 saturated carbocycles. The maximum absolute atomic E-state index is 4.78. The van der Waals surface area contributed by atoms with Gasteiger partial charge < -0.3 is 0 Å². The van der Waals surface area contributed by atoms with Crippen molar-refractivity contribution in [1.29, 1.82) is 0 Å². The molecule has 0 heterocycles. The zero-order valence-electron chi connectivity index (χ0n) is 5.81. The topological polar surface area (TPSA) is 18.5 Å². The fraction of sp³-hybridized carbons (Fsp3) is 1.00.